The fourth-order valence-electron chi connectivity index (χ4n) is 3.58. The number of carbonyl (C=O) groups is 2. The number of anilines is 2. The first kappa shape index (κ1) is 18.7. The molecule has 0 radical (unpaired) electrons. The number of imide groups is 1. The van der Waals surface area contributed by atoms with Gasteiger partial charge in [-0.05, 0) is 61.4 Å². The van der Waals surface area contributed by atoms with Crippen molar-refractivity contribution in [3.8, 4) is 11.5 Å². The first-order valence-corrected chi connectivity index (χ1v) is 9.55. The number of ether oxygens (including phenoxy) is 1. The number of nitrogens with one attached hydrogen (secondary N) is 1. The third-order valence-corrected chi connectivity index (χ3v) is 4.98. The fraction of sp³-hybridized carbons (Fsp3) is 0.167. The molecule has 1 saturated heterocycles. The molecule has 2 amide bonds. The molecule has 1 atom stereocenters. The highest BCUT2D eigenvalue weighted by molar-refractivity contribution is 6.23. The van der Waals surface area contributed by atoms with Gasteiger partial charge in [0, 0.05) is 5.69 Å². The minimum atomic E-state index is -0.581. The Morgan fingerprint density at radius 1 is 0.828 bits per heavy atom. The first-order chi connectivity index (χ1) is 14.0. The van der Waals surface area contributed by atoms with Gasteiger partial charge in [0.15, 0.2) is 0 Å². The van der Waals surface area contributed by atoms with E-state index in [-0.39, 0.29) is 18.2 Å². The number of benzene rings is 3. The molecule has 4 rings (SSSR count). The number of nitrogens with zero attached hydrogens (tertiary/aromatic N) is 1. The lowest BCUT2D eigenvalue weighted by Gasteiger charge is -2.20. The van der Waals surface area contributed by atoms with E-state index in [0.717, 1.165) is 22.6 Å². The second-order valence-electron chi connectivity index (χ2n) is 7.15. The van der Waals surface area contributed by atoms with Crippen LogP contribution in [0.1, 0.15) is 17.5 Å². The molecule has 5 nitrogen and oxygen atoms in total. The van der Waals surface area contributed by atoms with Crippen LogP contribution in [0.2, 0.25) is 0 Å². The lowest BCUT2D eigenvalue weighted by Crippen LogP contribution is -2.35. The summed E-state index contributed by atoms with van der Waals surface area (Å²) in [6.07, 6.45) is 0.134. The van der Waals surface area contributed by atoms with Gasteiger partial charge in [0.2, 0.25) is 5.91 Å². The maximum absolute atomic E-state index is 13.0. The summed E-state index contributed by atoms with van der Waals surface area (Å²) in [4.78, 5) is 26.9. The van der Waals surface area contributed by atoms with Gasteiger partial charge in [-0.1, -0.05) is 36.4 Å². The minimum Gasteiger partial charge on any atom is -0.457 e. The molecule has 1 aliphatic rings. The van der Waals surface area contributed by atoms with Crippen LogP contribution in [0.3, 0.4) is 0 Å². The van der Waals surface area contributed by atoms with Crippen LogP contribution in [0.25, 0.3) is 0 Å². The van der Waals surface area contributed by atoms with Crippen LogP contribution in [-0.4, -0.2) is 17.9 Å². The van der Waals surface area contributed by atoms with E-state index in [0.29, 0.717) is 11.4 Å². The van der Waals surface area contributed by atoms with Gasteiger partial charge < -0.3 is 10.1 Å². The molecule has 1 heterocycles. The van der Waals surface area contributed by atoms with E-state index in [2.05, 4.69) is 5.32 Å². The number of carbonyl (C=O) groups excluding carboxylic acids is 2. The number of aryl methyl sites for hydroxylation is 2. The Labute approximate surface area is 169 Å². The SMILES string of the molecule is Cc1cccc(C)c1N1C(=O)C[C@@H](Nc2ccc(Oc3ccccc3)cc2)C1=O. The first-order valence-electron chi connectivity index (χ1n) is 9.55. The van der Waals surface area contributed by atoms with Crippen LogP contribution >= 0.6 is 0 Å². The molecule has 0 aromatic heterocycles. The van der Waals surface area contributed by atoms with Crippen molar-refractivity contribution in [3.05, 3.63) is 83.9 Å². The standard InChI is InChI=1S/C24H22N2O3/c1-16-7-6-8-17(2)23(16)26-22(27)15-21(24(26)28)25-18-11-13-20(14-12-18)29-19-9-4-3-5-10-19/h3-14,21,25H,15H2,1-2H3/t21-/m1/s1. The molecule has 3 aromatic rings. The van der Waals surface area contributed by atoms with Crippen LogP contribution in [-0.2, 0) is 9.59 Å². The largest absolute Gasteiger partial charge is 0.457 e. The average molecular weight is 386 g/mol. The molecule has 3 aromatic carbocycles. The number of rotatable bonds is 5. The van der Waals surface area contributed by atoms with Gasteiger partial charge in [-0.15, -0.1) is 0 Å². The second-order valence-corrected chi connectivity index (χ2v) is 7.15. The third kappa shape index (κ3) is 3.85. The summed E-state index contributed by atoms with van der Waals surface area (Å²) in [5, 5.41) is 3.18. The number of hydrogen-bond acceptors (Lipinski definition) is 4. The molecule has 0 bridgehead atoms. The van der Waals surface area contributed by atoms with Gasteiger partial charge in [-0.2, -0.15) is 0 Å². The van der Waals surface area contributed by atoms with Crippen molar-refractivity contribution in [1.82, 2.24) is 0 Å². The van der Waals surface area contributed by atoms with Gasteiger partial charge in [0.1, 0.15) is 17.5 Å². The molecule has 0 unspecified atom stereocenters. The van der Waals surface area contributed by atoms with Gasteiger partial charge >= 0.3 is 0 Å². The zero-order valence-corrected chi connectivity index (χ0v) is 16.4. The van der Waals surface area contributed by atoms with Crippen LogP contribution in [0.4, 0.5) is 11.4 Å². The molecule has 1 N–H and O–H groups in total. The van der Waals surface area contributed by atoms with Crippen molar-refractivity contribution in [2.24, 2.45) is 0 Å². The van der Waals surface area contributed by atoms with Crippen LogP contribution in [0.15, 0.2) is 72.8 Å². The summed E-state index contributed by atoms with van der Waals surface area (Å²) in [5.74, 6) is 1.05. The van der Waals surface area contributed by atoms with E-state index < -0.39 is 6.04 Å². The monoisotopic (exact) mass is 386 g/mol. The van der Waals surface area contributed by atoms with E-state index in [9.17, 15) is 9.59 Å². The maximum atomic E-state index is 13.0. The summed E-state index contributed by atoms with van der Waals surface area (Å²) >= 11 is 0. The van der Waals surface area contributed by atoms with Crippen molar-refractivity contribution < 1.29 is 14.3 Å². The molecule has 0 saturated carbocycles. The normalized spacial score (nSPS) is 16.2. The number of amides is 2. The lowest BCUT2D eigenvalue weighted by molar-refractivity contribution is -0.121. The Morgan fingerprint density at radius 2 is 1.45 bits per heavy atom. The Bertz CT molecular complexity index is 1030. The summed E-state index contributed by atoms with van der Waals surface area (Å²) in [6.45, 7) is 3.82. The summed E-state index contributed by atoms with van der Waals surface area (Å²) in [7, 11) is 0. The lowest BCUT2D eigenvalue weighted by atomic mass is 10.1. The van der Waals surface area contributed by atoms with Crippen LogP contribution in [0, 0.1) is 13.8 Å². The van der Waals surface area contributed by atoms with Crippen molar-refractivity contribution in [2.75, 3.05) is 10.2 Å². The van der Waals surface area contributed by atoms with Crippen molar-refractivity contribution in [2.45, 2.75) is 26.3 Å². The fourth-order valence-corrected chi connectivity index (χ4v) is 3.58. The van der Waals surface area contributed by atoms with Gasteiger partial charge in [0.25, 0.3) is 5.91 Å². The van der Waals surface area contributed by atoms with Crippen LogP contribution in [0.5, 0.6) is 11.5 Å². The van der Waals surface area contributed by atoms with E-state index in [1.807, 2.05) is 86.6 Å². The zero-order chi connectivity index (χ0) is 20.4. The number of hydrogen-bond donors (Lipinski definition) is 1. The van der Waals surface area contributed by atoms with Gasteiger partial charge in [0.05, 0.1) is 12.1 Å². The Morgan fingerprint density at radius 3 is 2.10 bits per heavy atom. The highest BCUT2D eigenvalue weighted by Gasteiger charge is 2.40. The molecule has 146 valence electrons. The van der Waals surface area contributed by atoms with Gasteiger partial charge in [-0.3, -0.25) is 9.59 Å². The summed E-state index contributed by atoms with van der Waals surface area (Å²) < 4.78 is 5.79. The Hall–Kier alpha value is -3.60. The molecule has 1 aliphatic heterocycles. The van der Waals surface area contributed by atoms with E-state index in [4.69, 9.17) is 4.74 Å². The molecule has 5 heteroatoms. The zero-order valence-electron chi connectivity index (χ0n) is 16.4. The van der Waals surface area contributed by atoms with E-state index >= 15 is 0 Å². The van der Waals surface area contributed by atoms with Gasteiger partial charge in [-0.25, -0.2) is 4.90 Å². The highest BCUT2D eigenvalue weighted by atomic mass is 16.5. The average Bonchev–Trinajstić information content (AvgIpc) is 2.98. The maximum Gasteiger partial charge on any atom is 0.256 e. The quantitative estimate of drug-likeness (QED) is 0.638. The molecule has 0 spiro atoms. The topological polar surface area (TPSA) is 58.6 Å². The summed E-state index contributed by atoms with van der Waals surface area (Å²) in [6, 6.07) is 22.1. The number of para-hydroxylation sites is 2. The minimum absolute atomic E-state index is 0.134. The predicted molar refractivity (Wildman–Crippen MR) is 113 cm³/mol. The third-order valence-electron chi connectivity index (χ3n) is 4.98. The summed E-state index contributed by atoms with van der Waals surface area (Å²) in [5.41, 5.74) is 3.28. The Kier molecular flexibility index (Phi) is 5.04. The van der Waals surface area contributed by atoms with Crippen molar-refractivity contribution in [1.29, 1.82) is 0 Å². The predicted octanol–water partition coefficient (Wildman–Crippen LogP) is 4.84. The van der Waals surface area contributed by atoms with Crippen molar-refractivity contribution in [3.63, 3.8) is 0 Å². The highest BCUT2D eigenvalue weighted by Crippen LogP contribution is 2.31. The Balaban J connectivity index is 1.47. The van der Waals surface area contributed by atoms with Crippen molar-refractivity contribution >= 4 is 23.2 Å². The molecule has 1 fully saturated rings. The molecular formula is C24H22N2O3. The second kappa shape index (κ2) is 7.80. The van der Waals surface area contributed by atoms with Crippen LogP contribution < -0.4 is 15.0 Å². The molecule has 0 aliphatic carbocycles. The molecule has 29 heavy (non-hydrogen) atoms. The smallest absolute Gasteiger partial charge is 0.256 e. The van der Waals surface area contributed by atoms with E-state index in [1.54, 1.807) is 0 Å². The van der Waals surface area contributed by atoms with E-state index in [1.165, 1.54) is 4.90 Å². The molecular weight excluding hydrogens is 364 g/mol.